The van der Waals surface area contributed by atoms with Crippen molar-refractivity contribution in [1.29, 1.82) is 5.26 Å². The molecule has 2 aliphatic heterocycles. The topological polar surface area (TPSA) is 80.5 Å². The number of carbonyl (C=O) groups is 1. The van der Waals surface area contributed by atoms with Gasteiger partial charge in [-0.25, -0.2) is 0 Å². The molecule has 2 fully saturated rings. The first kappa shape index (κ1) is 23.2. The second-order valence-corrected chi connectivity index (χ2v) is 9.47. The van der Waals surface area contributed by atoms with Gasteiger partial charge in [0.15, 0.2) is 0 Å². The number of hydrogen-bond donors (Lipinski definition) is 1. The van der Waals surface area contributed by atoms with Gasteiger partial charge in [0.1, 0.15) is 0 Å². The van der Waals surface area contributed by atoms with Crippen LogP contribution < -0.4 is 0 Å². The van der Waals surface area contributed by atoms with Gasteiger partial charge in [-0.05, 0) is 65.9 Å². The van der Waals surface area contributed by atoms with Crippen LogP contribution in [0.15, 0.2) is 73.1 Å². The van der Waals surface area contributed by atoms with E-state index in [1.807, 2.05) is 41.3 Å². The van der Waals surface area contributed by atoms with Crippen molar-refractivity contribution in [1.82, 2.24) is 14.8 Å². The lowest BCUT2D eigenvalue weighted by Crippen LogP contribution is -2.68. The Kier molecular flexibility index (Phi) is 6.89. The molecule has 5 rings (SSSR count). The Labute approximate surface area is 206 Å². The van der Waals surface area contributed by atoms with E-state index >= 15 is 0 Å². The maximum absolute atomic E-state index is 13.2. The van der Waals surface area contributed by atoms with Crippen molar-refractivity contribution < 1.29 is 9.90 Å². The number of pyridine rings is 1. The third kappa shape index (κ3) is 4.84. The van der Waals surface area contributed by atoms with Crippen LogP contribution in [0.5, 0.6) is 0 Å². The number of aromatic nitrogens is 1. The standard InChI is InChI=1S/C29H30N4O2/c30-18-22-4-3-5-25(16-22)23-6-8-24(9-7-23)29-26-19-32(14-1-2-15-33(26)27(29)20-34)28(35)17-21-10-12-31-13-11-21/h3-13,16,26-27,29,34H,1-2,14-15,17,19-20H2/t26-,27+,29-/m0/s1. The minimum absolute atomic E-state index is 0.0722. The van der Waals surface area contributed by atoms with E-state index in [1.165, 1.54) is 5.56 Å². The van der Waals surface area contributed by atoms with Crippen molar-refractivity contribution in [3.63, 3.8) is 0 Å². The average molecular weight is 467 g/mol. The van der Waals surface area contributed by atoms with Crippen LogP contribution in [0.2, 0.25) is 0 Å². The summed E-state index contributed by atoms with van der Waals surface area (Å²) in [5.74, 6) is 0.325. The zero-order valence-corrected chi connectivity index (χ0v) is 19.8. The smallest absolute Gasteiger partial charge is 0.227 e. The fourth-order valence-electron chi connectivity index (χ4n) is 5.62. The molecule has 0 radical (unpaired) electrons. The molecule has 35 heavy (non-hydrogen) atoms. The molecule has 0 bridgehead atoms. The molecule has 3 atom stereocenters. The maximum atomic E-state index is 13.2. The van der Waals surface area contributed by atoms with Crippen molar-refractivity contribution in [3.05, 3.63) is 89.7 Å². The molecule has 3 aromatic rings. The van der Waals surface area contributed by atoms with Crippen LogP contribution in [0, 0.1) is 11.3 Å². The van der Waals surface area contributed by atoms with Gasteiger partial charge in [-0.3, -0.25) is 14.7 Å². The van der Waals surface area contributed by atoms with E-state index in [4.69, 9.17) is 0 Å². The lowest BCUT2D eigenvalue weighted by atomic mass is 9.74. The van der Waals surface area contributed by atoms with Crippen LogP contribution >= 0.6 is 0 Å². The number of nitrogens with zero attached hydrogens (tertiary/aromatic N) is 4. The Bertz CT molecular complexity index is 1210. The average Bonchev–Trinajstić information content (AvgIpc) is 2.88. The highest BCUT2D eigenvalue weighted by atomic mass is 16.3. The predicted molar refractivity (Wildman–Crippen MR) is 134 cm³/mol. The van der Waals surface area contributed by atoms with E-state index < -0.39 is 0 Å². The molecule has 1 N–H and O–H groups in total. The fraction of sp³-hybridized carbons (Fsp3) is 0.345. The fourth-order valence-corrected chi connectivity index (χ4v) is 5.62. The number of benzene rings is 2. The summed E-state index contributed by atoms with van der Waals surface area (Å²) in [6.45, 7) is 2.52. The van der Waals surface area contributed by atoms with Crippen molar-refractivity contribution >= 4 is 5.91 Å². The number of carbonyl (C=O) groups excluding carboxylic acids is 1. The quantitative estimate of drug-likeness (QED) is 0.621. The van der Waals surface area contributed by atoms with E-state index in [-0.39, 0.29) is 30.5 Å². The van der Waals surface area contributed by atoms with Crippen LogP contribution in [0.1, 0.15) is 35.4 Å². The van der Waals surface area contributed by atoms with Crippen LogP contribution in [0.3, 0.4) is 0 Å². The zero-order chi connectivity index (χ0) is 24.2. The highest BCUT2D eigenvalue weighted by Crippen LogP contribution is 2.42. The lowest BCUT2D eigenvalue weighted by Gasteiger charge is -2.57. The summed E-state index contributed by atoms with van der Waals surface area (Å²) < 4.78 is 0. The molecule has 0 unspecified atom stereocenters. The van der Waals surface area contributed by atoms with Gasteiger partial charge in [-0.1, -0.05) is 36.4 Å². The largest absolute Gasteiger partial charge is 0.395 e. The van der Waals surface area contributed by atoms with Gasteiger partial charge >= 0.3 is 0 Å². The number of rotatable bonds is 5. The van der Waals surface area contributed by atoms with Crippen LogP contribution in [0.4, 0.5) is 0 Å². The Morgan fingerprint density at radius 2 is 1.80 bits per heavy atom. The van der Waals surface area contributed by atoms with Gasteiger partial charge in [0.2, 0.25) is 5.91 Å². The Balaban J connectivity index is 1.35. The van der Waals surface area contributed by atoms with Gasteiger partial charge in [-0.2, -0.15) is 5.26 Å². The van der Waals surface area contributed by atoms with Gasteiger partial charge in [-0.15, -0.1) is 0 Å². The molecular weight excluding hydrogens is 436 g/mol. The normalized spacial score (nSPS) is 22.3. The lowest BCUT2D eigenvalue weighted by molar-refractivity contribution is -0.135. The predicted octanol–water partition coefficient (Wildman–Crippen LogP) is 3.61. The molecule has 6 nitrogen and oxygen atoms in total. The molecule has 6 heteroatoms. The number of nitriles is 1. The Morgan fingerprint density at radius 1 is 1.03 bits per heavy atom. The highest BCUT2D eigenvalue weighted by molar-refractivity contribution is 5.78. The van der Waals surface area contributed by atoms with Gasteiger partial charge in [0.05, 0.1) is 24.7 Å². The molecule has 1 aromatic heterocycles. The van der Waals surface area contributed by atoms with Crippen LogP contribution in [-0.2, 0) is 11.2 Å². The number of hydrogen-bond acceptors (Lipinski definition) is 5. The molecule has 3 heterocycles. The maximum Gasteiger partial charge on any atom is 0.227 e. The first-order valence-electron chi connectivity index (χ1n) is 12.3. The highest BCUT2D eigenvalue weighted by Gasteiger charge is 2.49. The summed E-state index contributed by atoms with van der Waals surface area (Å²) in [5.41, 5.74) is 4.90. The molecule has 2 aliphatic rings. The first-order chi connectivity index (χ1) is 17.2. The van der Waals surface area contributed by atoms with E-state index in [0.29, 0.717) is 18.5 Å². The second-order valence-electron chi connectivity index (χ2n) is 9.47. The third-order valence-electron chi connectivity index (χ3n) is 7.45. The van der Waals surface area contributed by atoms with Crippen LogP contribution in [0.25, 0.3) is 11.1 Å². The molecule has 178 valence electrons. The molecule has 0 spiro atoms. The number of aliphatic hydroxyl groups excluding tert-OH is 1. The van der Waals surface area contributed by atoms with Gasteiger partial charge in [0.25, 0.3) is 0 Å². The van der Waals surface area contributed by atoms with E-state index in [2.05, 4.69) is 40.2 Å². The van der Waals surface area contributed by atoms with Crippen molar-refractivity contribution in [2.75, 3.05) is 26.2 Å². The molecule has 1 amide bonds. The van der Waals surface area contributed by atoms with Gasteiger partial charge in [0, 0.05) is 43.5 Å². The minimum atomic E-state index is 0.0722. The molecule has 2 saturated heterocycles. The summed E-state index contributed by atoms with van der Waals surface area (Å²) in [6.07, 6.45) is 5.84. The van der Waals surface area contributed by atoms with E-state index in [9.17, 15) is 15.2 Å². The summed E-state index contributed by atoms with van der Waals surface area (Å²) in [7, 11) is 0. The molecule has 0 aliphatic carbocycles. The number of amides is 1. The van der Waals surface area contributed by atoms with E-state index in [0.717, 1.165) is 42.6 Å². The summed E-state index contributed by atoms with van der Waals surface area (Å²) in [5, 5.41) is 19.4. The monoisotopic (exact) mass is 466 g/mol. The summed E-state index contributed by atoms with van der Waals surface area (Å²) in [4.78, 5) is 21.6. The number of fused-ring (bicyclic) bond motifs is 1. The Hall–Kier alpha value is -3.53. The van der Waals surface area contributed by atoms with E-state index in [1.54, 1.807) is 12.4 Å². The van der Waals surface area contributed by atoms with Crippen molar-refractivity contribution in [3.8, 4) is 17.2 Å². The molecule has 2 aromatic carbocycles. The van der Waals surface area contributed by atoms with Crippen LogP contribution in [-0.4, -0.2) is 64.1 Å². The van der Waals surface area contributed by atoms with Gasteiger partial charge < -0.3 is 10.0 Å². The second kappa shape index (κ2) is 10.4. The molecular formula is C29H30N4O2. The number of aliphatic hydroxyl groups is 1. The zero-order valence-electron chi connectivity index (χ0n) is 19.8. The summed E-state index contributed by atoms with van der Waals surface area (Å²) >= 11 is 0. The van der Waals surface area contributed by atoms with Crippen molar-refractivity contribution in [2.45, 2.75) is 37.3 Å². The third-order valence-corrected chi connectivity index (χ3v) is 7.45. The Morgan fingerprint density at radius 3 is 2.54 bits per heavy atom. The first-order valence-corrected chi connectivity index (χ1v) is 12.3. The SMILES string of the molecule is N#Cc1cccc(-c2ccc([C@@H]3[C@@H](CO)N4CCCCN(C(=O)Cc5ccncc5)C[C@@H]34)cc2)c1. The minimum Gasteiger partial charge on any atom is -0.395 e. The van der Waals surface area contributed by atoms with Crippen molar-refractivity contribution in [2.24, 2.45) is 0 Å². The molecule has 0 saturated carbocycles. The summed E-state index contributed by atoms with van der Waals surface area (Å²) in [6, 6.07) is 22.4.